The third kappa shape index (κ3) is 4.04. The summed E-state index contributed by atoms with van der Waals surface area (Å²) < 4.78 is 0. The van der Waals surface area contributed by atoms with E-state index >= 15 is 0 Å². The van der Waals surface area contributed by atoms with E-state index in [0.29, 0.717) is 24.1 Å². The largest absolute Gasteiger partial charge is 0.352 e. The summed E-state index contributed by atoms with van der Waals surface area (Å²) in [5.74, 6) is 0.782. The van der Waals surface area contributed by atoms with Gasteiger partial charge in [-0.3, -0.25) is 19.5 Å². The molecule has 21 heavy (non-hydrogen) atoms. The average Bonchev–Trinajstić information content (AvgIpc) is 2.69. The van der Waals surface area contributed by atoms with E-state index in [2.05, 4.69) is 34.0 Å². The lowest BCUT2D eigenvalue weighted by Gasteiger charge is -2.22. The Labute approximate surface area is 122 Å². The van der Waals surface area contributed by atoms with Gasteiger partial charge in [0, 0.05) is 44.4 Å². The minimum absolute atomic E-state index is 0.0305. The molecule has 0 radical (unpaired) electrons. The molecule has 0 spiro atoms. The number of rotatable bonds is 4. The van der Waals surface area contributed by atoms with E-state index < -0.39 is 11.2 Å². The molecule has 1 saturated heterocycles. The van der Waals surface area contributed by atoms with Crippen molar-refractivity contribution in [3.8, 4) is 0 Å². The number of carbonyl (C=O) groups is 1. The quantitative estimate of drug-likeness (QED) is 0.707. The van der Waals surface area contributed by atoms with Crippen molar-refractivity contribution in [3.63, 3.8) is 0 Å². The number of hydrogen-bond acceptors (Lipinski definition) is 4. The summed E-state index contributed by atoms with van der Waals surface area (Å²) in [5, 5.41) is 2.99. The van der Waals surface area contributed by atoms with Crippen LogP contribution in [-0.4, -0.2) is 39.9 Å². The molecule has 0 saturated carbocycles. The number of hydrogen-bond donors (Lipinski definition) is 3. The number of nitrogens with one attached hydrogen (secondary N) is 3. The SMILES string of the molecule is CC(=O)N[C@@H]1CN(Cc2cc(=O)[nH]c(=O)[nH]2)C[C@H]1C(C)C. The van der Waals surface area contributed by atoms with Crippen LogP contribution in [0.5, 0.6) is 0 Å². The Kier molecular flexibility index (Phi) is 4.62. The molecule has 1 fully saturated rings. The Hall–Kier alpha value is -1.89. The Bertz CT molecular complexity index is 591. The molecule has 1 aromatic heterocycles. The Morgan fingerprint density at radius 1 is 1.38 bits per heavy atom. The van der Waals surface area contributed by atoms with Crippen molar-refractivity contribution in [1.29, 1.82) is 0 Å². The van der Waals surface area contributed by atoms with E-state index in [9.17, 15) is 14.4 Å². The van der Waals surface area contributed by atoms with Crippen LogP contribution < -0.4 is 16.6 Å². The molecule has 2 rings (SSSR count). The maximum atomic E-state index is 11.3. The van der Waals surface area contributed by atoms with Crippen LogP contribution >= 0.6 is 0 Å². The number of nitrogens with zero attached hydrogens (tertiary/aromatic N) is 1. The van der Waals surface area contributed by atoms with E-state index in [1.54, 1.807) is 0 Å². The monoisotopic (exact) mass is 294 g/mol. The lowest BCUT2D eigenvalue weighted by atomic mass is 9.91. The molecule has 1 aliphatic heterocycles. The first-order valence-corrected chi connectivity index (χ1v) is 7.17. The fourth-order valence-electron chi connectivity index (χ4n) is 2.98. The summed E-state index contributed by atoms with van der Waals surface area (Å²) >= 11 is 0. The maximum Gasteiger partial charge on any atom is 0.325 e. The van der Waals surface area contributed by atoms with Crippen molar-refractivity contribution in [2.24, 2.45) is 11.8 Å². The first-order valence-electron chi connectivity index (χ1n) is 7.17. The maximum absolute atomic E-state index is 11.3. The predicted octanol–water partition coefficient (Wildman–Crippen LogP) is -0.344. The summed E-state index contributed by atoms with van der Waals surface area (Å²) in [5.41, 5.74) is -0.294. The second kappa shape index (κ2) is 6.26. The van der Waals surface area contributed by atoms with Crippen molar-refractivity contribution in [1.82, 2.24) is 20.2 Å². The van der Waals surface area contributed by atoms with Gasteiger partial charge in [0.2, 0.25) is 5.91 Å². The highest BCUT2D eigenvalue weighted by atomic mass is 16.2. The number of H-pyrrole nitrogens is 2. The zero-order chi connectivity index (χ0) is 15.6. The Morgan fingerprint density at radius 3 is 2.67 bits per heavy atom. The molecular weight excluding hydrogens is 272 g/mol. The van der Waals surface area contributed by atoms with Crippen LogP contribution in [0.25, 0.3) is 0 Å². The molecule has 0 unspecified atom stereocenters. The van der Waals surface area contributed by atoms with Gasteiger partial charge in [-0.25, -0.2) is 4.79 Å². The summed E-state index contributed by atoms with van der Waals surface area (Å²) in [6.45, 7) is 7.84. The fourth-order valence-corrected chi connectivity index (χ4v) is 2.98. The molecule has 1 aliphatic rings. The molecular formula is C14H22N4O3. The van der Waals surface area contributed by atoms with Crippen LogP contribution in [0.3, 0.4) is 0 Å². The number of aromatic amines is 2. The molecule has 0 aromatic carbocycles. The molecule has 7 nitrogen and oxygen atoms in total. The topological polar surface area (TPSA) is 98.1 Å². The number of aromatic nitrogens is 2. The smallest absolute Gasteiger partial charge is 0.325 e. The Balaban J connectivity index is 2.09. The highest BCUT2D eigenvalue weighted by molar-refractivity contribution is 5.73. The zero-order valence-corrected chi connectivity index (χ0v) is 12.6. The molecule has 1 aromatic rings. The molecule has 2 heterocycles. The minimum atomic E-state index is -0.490. The molecule has 0 bridgehead atoms. The number of amides is 1. The van der Waals surface area contributed by atoms with Gasteiger partial charge < -0.3 is 10.3 Å². The van der Waals surface area contributed by atoms with Crippen molar-refractivity contribution in [2.75, 3.05) is 13.1 Å². The van der Waals surface area contributed by atoms with Gasteiger partial charge in [-0.15, -0.1) is 0 Å². The minimum Gasteiger partial charge on any atom is -0.352 e. The van der Waals surface area contributed by atoms with Gasteiger partial charge in [0.25, 0.3) is 5.56 Å². The van der Waals surface area contributed by atoms with Crippen molar-refractivity contribution in [3.05, 3.63) is 32.6 Å². The van der Waals surface area contributed by atoms with Gasteiger partial charge in [0.15, 0.2) is 0 Å². The van der Waals surface area contributed by atoms with Crippen molar-refractivity contribution in [2.45, 2.75) is 33.4 Å². The number of carbonyl (C=O) groups excluding carboxylic acids is 1. The van der Waals surface area contributed by atoms with E-state index in [1.165, 1.54) is 13.0 Å². The molecule has 1 amide bonds. The fraction of sp³-hybridized carbons (Fsp3) is 0.643. The van der Waals surface area contributed by atoms with Gasteiger partial charge in [-0.05, 0) is 11.8 Å². The van der Waals surface area contributed by atoms with Gasteiger partial charge in [-0.2, -0.15) is 0 Å². The van der Waals surface area contributed by atoms with Gasteiger partial charge in [-0.1, -0.05) is 13.8 Å². The van der Waals surface area contributed by atoms with Gasteiger partial charge in [0.1, 0.15) is 0 Å². The second-order valence-corrected chi connectivity index (χ2v) is 6.02. The summed E-state index contributed by atoms with van der Waals surface area (Å²) in [7, 11) is 0. The van der Waals surface area contributed by atoms with Crippen LogP contribution in [0.15, 0.2) is 15.7 Å². The first-order chi connectivity index (χ1) is 9.85. The van der Waals surface area contributed by atoms with Gasteiger partial charge >= 0.3 is 5.69 Å². The van der Waals surface area contributed by atoms with E-state index in [1.807, 2.05) is 0 Å². The van der Waals surface area contributed by atoms with Crippen molar-refractivity contribution >= 4 is 5.91 Å². The van der Waals surface area contributed by atoms with Crippen LogP contribution in [0.4, 0.5) is 0 Å². The third-order valence-corrected chi connectivity index (χ3v) is 3.90. The highest BCUT2D eigenvalue weighted by Gasteiger charge is 2.35. The standard InChI is InChI=1S/C14H22N4O3/c1-8(2)11-6-18(7-12(11)15-9(3)19)5-10-4-13(20)17-14(21)16-10/h4,8,11-12H,5-7H2,1-3H3,(H,15,19)(H2,16,17,20,21)/t11-,12+/m0/s1. The zero-order valence-electron chi connectivity index (χ0n) is 12.6. The van der Waals surface area contributed by atoms with Gasteiger partial charge in [0.05, 0.1) is 0 Å². The van der Waals surface area contributed by atoms with Crippen molar-refractivity contribution < 1.29 is 4.79 Å². The highest BCUT2D eigenvalue weighted by Crippen LogP contribution is 2.25. The summed E-state index contributed by atoms with van der Waals surface area (Å²) in [6, 6.07) is 1.51. The average molecular weight is 294 g/mol. The lowest BCUT2D eigenvalue weighted by molar-refractivity contribution is -0.119. The molecule has 3 N–H and O–H groups in total. The first kappa shape index (κ1) is 15.5. The Morgan fingerprint density at radius 2 is 2.10 bits per heavy atom. The predicted molar refractivity (Wildman–Crippen MR) is 78.9 cm³/mol. The van der Waals surface area contributed by atoms with E-state index in [-0.39, 0.29) is 11.9 Å². The molecule has 0 aliphatic carbocycles. The second-order valence-electron chi connectivity index (χ2n) is 6.02. The number of likely N-dealkylation sites (tertiary alicyclic amines) is 1. The van der Waals surface area contributed by atoms with Crippen LogP contribution in [0.1, 0.15) is 26.5 Å². The molecule has 2 atom stereocenters. The third-order valence-electron chi connectivity index (χ3n) is 3.90. The van der Waals surface area contributed by atoms with E-state index in [0.717, 1.165) is 13.1 Å². The normalized spacial score (nSPS) is 22.7. The molecule has 7 heteroatoms. The lowest BCUT2D eigenvalue weighted by Crippen LogP contribution is -2.40. The molecule has 116 valence electrons. The van der Waals surface area contributed by atoms with E-state index in [4.69, 9.17) is 0 Å². The van der Waals surface area contributed by atoms with Crippen LogP contribution in [0.2, 0.25) is 0 Å². The summed E-state index contributed by atoms with van der Waals surface area (Å²) in [6.07, 6.45) is 0. The van der Waals surface area contributed by atoms with Crippen LogP contribution in [0, 0.1) is 11.8 Å². The van der Waals surface area contributed by atoms with Crippen LogP contribution in [-0.2, 0) is 11.3 Å². The summed E-state index contributed by atoms with van der Waals surface area (Å²) in [4.78, 5) is 40.8.